The van der Waals surface area contributed by atoms with Crippen molar-refractivity contribution in [3.8, 4) is 11.4 Å². The Labute approximate surface area is 140 Å². The summed E-state index contributed by atoms with van der Waals surface area (Å²) in [6.45, 7) is 8.66. The SMILES string of the molecule is CC(C)c1c(-c2cn3c(C(C)C)ccnc3n2)ncc2cncn12. The van der Waals surface area contributed by atoms with Gasteiger partial charge in [0.2, 0.25) is 5.78 Å². The molecule has 4 heterocycles. The zero-order chi connectivity index (χ0) is 16.8. The molecule has 6 nitrogen and oxygen atoms in total. The predicted octanol–water partition coefficient (Wildman–Crippen LogP) is 3.69. The summed E-state index contributed by atoms with van der Waals surface area (Å²) in [5.74, 6) is 1.40. The molecule has 122 valence electrons. The minimum absolute atomic E-state index is 0.299. The quantitative estimate of drug-likeness (QED) is 0.577. The standard InChI is InChI=1S/C18H20N6/c1-11(2)15-5-6-20-18-22-14(9-23(15)18)16-17(12(3)4)24-10-19-7-13(24)8-21-16/h5-12H,1-4H3. The Bertz CT molecular complexity index is 1020. The lowest BCUT2D eigenvalue weighted by atomic mass is 10.1. The molecule has 24 heavy (non-hydrogen) atoms. The molecule has 0 aliphatic rings. The zero-order valence-corrected chi connectivity index (χ0v) is 14.3. The van der Waals surface area contributed by atoms with Crippen molar-refractivity contribution in [1.82, 2.24) is 28.7 Å². The Kier molecular flexibility index (Phi) is 3.33. The van der Waals surface area contributed by atoms with Gasteiger partial charge in [-0.25, -0.2) is 15.0 Å². The molecule has 0 bridgehead atoms. The van der Waals surface area contributed by atoms with E-state index in [1.807, 2.05) is 37.2 Å². The average molecular weight is 320 g/mol. The molecule has 0 aliphatic heterocycles. The minimum Gasteiger partial charge on any atom is -0.299 e. The van der Waals surface area contributed by atoms with Gasteiger partial charge in [-0.3, -0.25) is 13.8 Å². The fourth-order valence-corrected chi connectivity index (χ4v) is 3.16. The first kappa shape index (κ1) is 14.8. The van der Waals surface area contributed by atoms with Crippen molar-refractivity contribution >= 4 is 11.3 Å². The first-order valence-electron chi connectivity index (χ1n) is 8.21. The largest absolute Gasteiger partial charge is 0.299 e. The summed E-state index contributed by atoms with van der Waals surface area (Å²) >= 11 is 0. The highest BCUT2D eigenvalue weighted by atomic mass is 15.1. The van der Waals surface area contributed by atoms with Gasteiger partial charge in [0.15, 0.2) is 0 Å². The molecule has 0 aromatic carbocycles. The van der Waals surface area contributed by atoms with Crippen molar-refractivity contribution in [3.63, 3.8) is 0 Å². The summed E-state index contributed by atoms with van der Waals surface area (Å²) in [6, 6.07) is 2.04. The van der Waals surface area contributed by atoms with Crippen molar-refractivity contribution < 1.29 is 0 Å². The first-order chi connectivity index (χ1) is 11.6. The van der Waals surface area contributed by atoms with Gasteiger partial charge in [-0.15, -0.1) is 0 Å². The molecule has 0 spiro atoms. The summed E-state index contributed by atoms with van der Waals surface area (Å²) in [4.78, 5) is 18.0. The lowest BCUT2D eigenvalue weighted by Gasteiger charge is -2.12. The average Bonchev–Trinajstić information content (AvgIpc) is 3.18. The second-order valence-electron chi connectivity index (χ2n) is 6.66. The minimum atomic E-state index is 0.299. The van der Waals surface area contributed by atoms with Crippen molar-refractivity contribution in [2.24, 2.45) is 0 Å². The lowest BCUT2D eigenvalue weighted by Crippen LogP contribution is -2.04. The van der Waals surface area contributed by atoms with Crippen LogP contribution in [0.5, 0.6) is 0 Å². The number of fused-ring (bicyclic) bond motifs is 2. The van der Waals surface area contributed by atoms with Crippen LogP contribution in [0, 0.1) is 0 Å². The van der Waals surface area contributed by atoms with Crippen LogP contribution in [0.2, 0.25) is 0 Å². The topological polar surface area (TPSA) is 60.4 Å². The Morgan fingerprint density at radius 2 is 1.79 bits per heavy atom. The van der Waals surface area contributed by atoms with Gasteiger partial charge in [-0.05, 0) is 17.9 Å². The Morgan fingerprint density at radius 3 is 2.54 bits per heavy atom. The van der Waals surface area contributed by atoms with Gasteiger partial charge in [0.25, 0.3) is 0 Å². The fraction of sp³-hybridized carbons (Fsp3) is 0.333. The van der Waals surface area contributed by atoms with E-state index in [1.165, 1.54) is 5.69 Å². The number of imidazole rings is 2. The second-order valence-corrected chi connectivity index (χ2v) is 6.66. The monoisotopic (exact) mass is 320 g/mol. The van der Waals surface area contributed by atoms with Gasteiger partial charge in [-0.1, -0.05) is 27.7 Å². The highest BCUT2D eigenvalue weighted by Crippen LogP contribution is 2.28. The lowest BCUT2D eigenvalue weighted by molar-refractivity contribution is 0.791. The maximum Gasteiger partial charge on any atom is 0.234 e. The van der Waals surface area contributed by atoms with Gasteiger partial charge in [0.05, 0.1) is 29.9 Å². The molecule has 0 N–H and O–H groups in total. The van der Waals surface area contributed by atoms with Crippen LogP contribution in [-0.4, -0.2) is 28.7 Å². The zero-order valence-electron chi connectivity index (χ0n) is 14.3. The molecule has 0 atom stereocenters. The number of hydrogen-bond donors (Lipinski definition) is 0. The summed E-state index contributed by atoms with van der Waals surface area (Å²) in [6.07, 6.45) is 9.36. The molecule has 4 aromatic heterocycles. The van der Waals surface area contributed by atoms with Gasteiger partial charge in [-0.2, -0.15) is 0 Å². The van der Waals surface area contributed by atoms with Crippen LogP contribution in [-0.2, 0) is 0 Å². The maximum atomic E-state index is 4.72. The van der Waals surface area contributed by atoms with E-state index in [0.29, 0.717) is 17.6 Å². The third-order valence-electron chi connectivity index (χ3n) is 4.28. The number of hydrogen-bond acceptors (Lipinski definition) is 4. The van der Waals surface area contributed by atoms with Crippen molar-refractivity contribution in [2.75, 3.05) is 0 Å². The van der Waals surface area contributed by atoms with E-state index in [2.05, 4.69) is 51.4 Å². The second kappa shape index (κ2) is 5.40. The van der Waals surface area contributed by atoms with E-state index in [1.54, 1.807) is 0 Å². The van der Waals surface area contributed by atoms with E-state index >= 15 is 0 Å². The third-order valence-corrected chi connectivity index (χ3v) is 4.28. The summed E-state index contributed by atoms with van der Waals surface area (Å²) in [5, 5.41) is 0. The van der Waals surface area contributed by atoms with E-state index < -0.39 is 0 Å². The Morgan fingerprint density at radius 1 is 0.958 bits per heavy atom. The molecule has 0 fully saturated rings. The fourth-order valence-electron chi connectivity index (χ4n) is 3.16. The summed E-state index contributed by atoms with van der Waals surface area (Å²) < 4.78 is 4.15. The molecule has 0 unspecified atom stereocenters. The van der Waals surface area contributed by atoms with E-state index in [0.717, 1.165) is 22.6 Å². The van der Waals surface area contributed by atoms with Gasteiger partial charge >= 0.3 is 0 Å². The molecule has 4 aromatic rings. The third kappa shape index (κ3) is 2.18. The highest BCUT2D eigenvalue weighted by Gasteiger charge is 2.18. The van der Waals surface area contributed by atoms with E-state index in [4.69, 9.17) is 4.98 Å². The first-order valence-corrected chi connectivity index (χ1v) is 8.21. The Hall–Kier alpha value is -2.76. The molecular weight excluding hydrogens is 300 g/mol. The molecule has 0 aliphatic carbocycles. The van der Waals surface area contributed by atoms with Crippen LogP contribution in [0.3, 0.4) is 0 Å². The molecule has 0 amide bonds. The van der Waals surface area contributed by atoms with Crippen LogP contribution < -0.4 is 0 Å². The van der Waals surface area contributed by atoms with Gasteiger partial charge in [0.1, 0.15) is 11.4 Å². The molecule has 0 saturated carbocycles. The number of rotatable bonds is 3. The van der Waals surface area contributed by atoms with E-state index in [9.17, 15) is 0 Å². The van der Waals surface area contributed by atoms with Crippen LogP contribution >= 0.6 is 0 Å². The van der Waals surface area contributed by atoms with Crippen LogP contribution in [0.1, 0.15) is 50.9 Å². The Balaban J connectivity index is 1.99. The van der Waals surface area contributed by atoms with Crippen molar-refractivity contribution in [1.29, 1.82) is 0 Å². The normalized spacial score (nSPS) is 12.1. The number of nitrogens with zero attached hydrogens (tertiary/aromatic N) is 6. The predicted molar refractivity (Wildman–Crippen MR) is 93.1 cm³/mol. The molecule has 4 rings (SSSR count). The molecule has 6 heteroatoms. The smallest absolute Gasteiger partial charge is 0.234 e. The van der Waals surface area contributed by atoms with Crippen LogP contribution in [0.4, 0.5) is 0 Å². The van der Waals surface area contributed by atoms with E-state index in [-0.39, 0.29) is 0 Å². The van der Waals surface area contributed by atoms with Gasteiger partial charge in [0, 0.05) is 18.1 Å². The summed E-state index contributed by atoms with van der Waals surface area (Å²) in [7, 11) is 0. The maximum absolute atomic E-state index is 4.72. The highest BCUT2D eigenvalue weighted by molar-refractivity contribution is 5.63. The molecule has 0 radical (unpaired) electrons. The van der Waals surface area contributed by atoms with Crippen LogP contribution in [0.25, 0.3) is 22.7 Å². The van der Waals surface area contributed by atoms with Crippen LogP contribution in [0.15, 0.2) is 37.2 Å². The summed E-state index contributed by atoms with van der Waals surface area (Å²) in [5.41, 5.74) is 5.02. The number of aromatic nitrogens is 6. The van der Waals surface area contributed by atoms with Crippen molar-refractivity contribution in [2.45, 2.75) is 39.5 Å². The molecular formula is C18H20N6. The van der Waals surface area contributed by atoms with Gasteiger partial charge < -0.3 is 0 Å². The van der Waals surface area contributed by atoms with Crippen molar-refractivity contribution in [3.05, 3.63) is 48.6 Å². The molecule has 0 saturated heterocycles.